The van der Waals surface area contributed by atoms with Crippen LogP contribution in [0.15, 0.2) is 59.5 Å². The summed E-state index contributed by atoms with van der Waals surface area (Å²) in [5.74, 6) is -0.345. The van der Waals surface area contributed by atoms with Crippen molar-refractivity contribution in [2.75, 3.05) is 19.0 Å². The summed E-state index contributed by atoms with van der Waals surface area (Å²) < 4.78 is 41.9. The Balaban J connectivity index is 1.96. The molecule has 3 aromatic rings. The zero-order chi connectivity index (χ0) is 18.9. The number of fused-ring (bicyclic) bond motifs is 1. The lowest BCUT2D eigenvalue weighted by molar-refractivity contribution is 0.581. The maximum atomic E-state index is 13.7. The molecule has 0 saturated carbocycles. The van der Waals surface area contributed by atoms with Crippen molar-refractivity contribution in [3.05, 3.63) is 71.5 Å². The van der Waals surface area contributed by atoms with E-state index in [0.717, 1.165) is 11.1 Å². The molecule has 0 atom stereocenters. The van der Waals surface area contributed by atoms with Gasteiger partial charge in [-0.05, 0) is 36.2 Å². The quantitative estimate of drug-likeness (QED) is 0.740. The van der Waals surface area contributed by atoms with Crippen LogP contribution in [-0.4, -0.2) is 22.5 Å². The van der Waals surface area contributed by atoms with Crippen molar-refractivity contribution in [1.29, 1.82) is 0 Å². The predicted molar refractivity (Wildman–Crippen MR) is 103 cm³/mol. The SMILES string of the molecule is Cc1ccc(CNS(=O)(=O)c2cccc3c(N(C)C)cccc23)cc1F. The number of anilines is 1. The highest BCUT2D eigenvalue weighted by Crippen LogP contribution is 2.30. The molecule has 0 fully saturated rings. The van der Waals surface area contributed by atoms with Crippen LogP contribution in [0, 0.1) is 12.7 Å². The summed E-state index contributed by atoms with van der Waals surface area (Å²) in [5.41, 5.74) is 2.05. The number of nitrogens with zero attached hydrogens (tertiary/aromatic N) is 1. The molecule has 0 aliphatic heterocycles. The number of sulfonamides is 1. The number of rotatable bonds is 5. The van der Waals surface area contributed by atoms with Crippen molar-refractivity contribution < 1.29 is 12.8 Å². The molecule has 0 unspecified atom stereocenters. The first-order valence-corrected chi connectivity index (χ1v) is 9.71. The zero-order valence-corrected chi connectivity index (χ0v) is 15.8. The fraction of sp³-hybridized carbons (Fsp3) is 0.200. The third kappa shape index (κ3) is 3.57. The minimum atomic E-state index is -3.74. The molecule has 1 N–H and O–H groups in total. The van der Waals surface area contributed by atoms with E-state index < -0.39 is 10.0 Å². The Bertz CT molecular complexity index is 1060. The largest absolute Gasteiger partial charge is 0.377 e. The van der Waals surface area contributed by atoms with Gasteiger partial charge >= 0.3 is 0 Å². The molecule has 3 rings (SSSR count). The molecule has 136 valence electrons. The third-order valence-electron chi connectivity index (χ3n) is 4.33. The first-order chi connectivity index (χ1) is 12.3. The first kappa shape index (κ1) is 18.4. The molecule has 0 spiro atoms. The second kappa shape index (κ2) is 7.05. The molecule has 6 heteroatoms. The molecule has 0 radical (unpaired) electrons. The van der Waals surface area contributed by atoms with E-state index in [9.17, 15) is 12.8 Å². The minimum Gasteiger partial charge on any atom is -0.377 e. The minimum absolute atomic E-state index is 0.0310. The molecule has 0 aliphatic carbocycles. The molecule has 0 saturated heterocycles. The van der Waals surface area contributed by atoms with E-state index >= 15 is 0 Å². The van der Waals surface area contributed by atoms with E-state index in [-0.39, 0.29) is 17.3 Å². The van der Waals surface area contributed by atoms with Crippen LogP contribution < -0.4 is 9.62 Å². The van der Waals surface area contributed by atoms with Gasteiger partial charge in [0.1, 0.15) is 5.82 Å². The van der Waals surface area contributed by atoms with Gasteiger partial charge in [-0.2, -0.15) is 0 Å². The Morgan fingerprint density at radius 3 is 2.38 bits per heavy atom. The van der Waals surface area contributed by atoms with Gasteiger partial charge in [-0.25, -0.2) is 17.5 Å². The summed E-state index contributed by atoms with van der Waals surface area (Å²) in [6.07, 6.45) is 0. The highest BCUT2D eigenvalue weighted by atomic mass is 32.2. The number of benzene rings is 3. The van der Waals surface area contributed by atoms with E-state index in [1.165, 1.54) is 6.07 Å². The van der Waals surface area contributed by atoms with Gasteiger partial charge in [0.2, 0.25) is 10.0 Å². The van der Waals surface area contributed by atoms with E-state index in [2.05, 4.69) is 4.72 Å². The standard InChI is InChI=1S/C20H21FN2O2S/c1-14-10-11-15(12-18(14)21)13-22-26(24,25)20-9-5-6-16-17(20)7-4-8-19(16)23(2)3/h4-12,22H,13H2,1-3H3. The van der Waals surface area contributed by atoms with E-state index in [1.54, 1.807) is 37.3 Å². The van der Waals surface area contributed by atoms with Crippen LogP contribution >= 0.6 is 0 Å². The Hall–Kier alpha value is -2.44. The predicted octanol–water partition coefficient (Wildman–Crippen LogP) is 3.83. The van der Waals surface area contributed by atoms with Crippen molar-refractivity contribution >= 4 is 26.5 Å². The summed E-state index contributed by atoms with van der Waals surface area (Å²) in [6, 6.07) is 15.5. The summed E-state index contributed by atoms with van der Waals surface area (Å²) in [6.45, 7) is 1.70. The second-order valence-electron chi connectivity index (χ2n) is 6.43. The highest BCUT2D eigenvalue weighted by Gasteiger charge is 2.18. The molecule has 3 aromatic carbocycles. The Kier molecular flexibility index (Phi) is 4.98. The van der Waals surface area contributed by atoms with Gasteiger partial charge in [-0.15, -0.1) is 0 Å². The Morgan fingerprint density at radius 2 is 1.69 bits per heavy atom. The van der Waals surface area contributed by atoms with Crippen molar-refractivity contribution in [2.24, 2.45) is 0 Å². The van der Waals surface area contributed by atoms with E-state index in [0.29, 0.717) is 16.5 Å². The van der Waals surface area contributed by atoms with Gasteiger partial charge in [0, 0.05) is 37.1 Å². The number of hydrogen-bond acceptors (Lipinski definition) is 3. The van der Waals surface area contributed by atoms with Crippen LogP contribution in [0.5, 0.6) is 0 Å². The maximum absolute atomic E-state index is 13.7. The number of halogens is 1. The molecular weight excluding hydrogens is 351 g/mol. The number of hydrogen-bond donors (Lipinski definition) is 1. The van der Waals surface area contributed by atoms with Crippen molar-refractivity contribution in [1.82, 2.24) is 4.72 Å². The van der Waals surface area contributed by atoms with Crippen molar-refractivity contribution in [3.8, 4) is 0 Å². The summed E-state index contributed by atoms with van der Waals surface area (Å²) in [7, 11) is 0.0921. The van der Waals surface area contributed by atoms with Gasteiger partial charge in [-0.1, -0.05) is 36.4 Å². The smallest absolute Gasteiger partial charge is 0.241 e. The fourth-order valence-electron chi connectivity index (χ4n) is 2.89. The molecule has 4 nitrogen and oxygen atoms in total. The molecule has 0 bridgehead atoms. The molecule has 0 heterocycles. The zero-order valence-electron chi connectivity index (χ0n) is 15.0. The van der Waals surface area contributed by atoms with Crippen LogP contribution in [0.1, 0.15) is 11.1 Å². The third-order valence-corrected chi connectivity index (χ3v) is 5.79. The van der Waals surface area contributed by atoms with Crippen LogP contribution in [-0.2, 0) is 16.6 Å². The van der Waals surface area contributed by atoms with Crippen molar-refractivity contribution in [3.63, 3.8) is 0 Å². The average Bonchev–Trinajstić information content (AvgIpc) is 2.61. The number of nitrogens with one attached hydrogen (secondary N) is 1. The van der Waals surface area contributed by atoms with Crippen LogP contribution in [0.3, 0.4) is 0 Å². The first-order valence-electron chi connectivity index (χ1n) is 8.23. The van der Waals surface area contributed by atoms with Crippen LogP contribution in [0.2, 0.25) is 0 Å². The highest BCUT2D eigenvalue weighted by molar-refractivity contribution is 7.89. The second-order valence-corrected chi connectivity index (χ2v) is 8.17. The van der Waals surface area contributed by atoms with E-state index in [1.807, 2.05) is 37.2 Å². The Labute approximate surface area is 153 Å². The van der Waals surface area contributed by atoms with Crippen molar-refractivity contribution in [2.45, 2.75) is 18.4 Å². The summed E-state index contributed by atoms with van der Waals surface area (Å²) in [4.78, 5) is 2.16. The average molecular weight is 372 g/mol. The number of aryl methyl sites for hydroxylation is 1. The molecule has 0 amide bonds. The Morgan fingerprint density at radius 1 is 1.00 bits per heavy atom. The van der Waals surface area contributed by atoms with Gasteiger partial charge in [-0.3, -0.25) is 0 Å². The van der Waals surface area contributed by atoms with Crippen LogP contribution in [0.25, 0.3) is 10.8 Å². The van der Waals surface area contributed by atoms with E-state index in [4.69, 9.17) is 0 Å². The summed E-state index contributed by atoms with van der Waals surface area (Å²) >= 11 is 0. The molecule has 0 aromatic heterocycles. The monoisotopic (exact) mass is 372 g/mol. The lowest BCUT2D eigenvalue weighted by atomic mass is 10.1. The molecule has 26 heavy (non-hydrogen) atoms. The fourth-order valence-corrected chi connectivity index (χ4v) is 4.13. The molecular formula is C20H21FN2O2S. The molecule has 0 aliphatic rings. The summed E-state index contributed by atoms with van der Waals surface area (Å²) in [5, 5.41) is 1.52. The van der Waals surface area contributed by atoms with Gasteiger partial charge in [0.15, 0.2) is 0 Å². The van der Waals surface area contributed by atoms with Crippen LogP contribution in [0.4, 0.5) is 10.1 Å². The topological polar surface area (TPSA) is 49.4 Å². The lowest BCUT2D eigenvalue weighted by Crippen LogP contribution is -2.23. The lowest BCUT2D eigenvalue weighted by Gasteiger charge is -2.17. The maximum Gasteiger partial charge on any atom is 0.241 e. The normalized spacial score (nSPS) is 11.7. The van der Waals surface area contributed by atoms with Gasteiger partial charge < -0.3 is 4.90 Å². The van der Waals surface area contributed by atoms with Gasteiger partial charge in [0.05, 0.1) is 4.90 Å². The van der Waals surface area contributed by atoms with Gasteiger partial charge in [0.25, 0.3) is 0 Å².